The van der Waals surface area contributed by atoms with E-state index in [2.05, 4.69) is 206 Å². The van der Waals surface area contributed by atoms with Gasteiger partial charge in [-0.3, -0.25) is 0 Å². The third-order valence-electron chi connectivity index (χ3n) is 13.1. The fraction of sp³-hybridized carbons (Fsp3) is 0. The molecule has 0 aliphatic heterocycles. The molecular weight excluding hydrogens is 775 g/mol. The summed E-state index contributed by atoms with van der Waals surface area (Å²) in [5, 5.41) is 9.71. The van der Waals surface area contributed by atoms with Gasteiger partial charge in [0.15, 0.2) is 17.5 Å². The molecule has 0 N–H and O–H groups in total. The molecule has 0 fully saturated rings. The van der Waals surface area contributed by atoms with Crippen LogP contribution in [0.5, 0.6) is 0 Å². The van der Waals surface area contributed by atoms with Gasteiger partial charge in [-0.1, -0.05) is 218 Å². The Hall–Kier alpha value is -8.53. The summed E-state index contributed by atoms with van der Waals surface area (Å²) in [4.78, 5) is 15.5. The van der Waals surface area contributed by atoms with E-state index in [-0.39, 0.29) is 0 Å². The summed E-state index contributed by atoms with van der Waals surface area (Å²) >= 11 is 0. The molecule has 0 amide bonds. The van der Waals surface area contributed by atoms with E-state index in [1.54, 1.807) is 0 Å². The molecule has 0 saturated heterocycles. The molecular formula is C61H37N3. The van der Waals surface area contributed by atoms with Crippen LogP contribution in [-0.2, 0) is 0 Å². The molecule has 1 aromatic heterocycles. The Morgan fingerprint density at radius 1 is 0.219 bits per heavy atom. The second kappa shape index (κ2) is 14.5. The summed E-state index contributed by atoms with van der Waals surface area (Å²) < 4.78 is 0. The number of hydrogen-bond donors (Lipinski definition) is 0. The molecule has 296 valence electrons. The van der Waals surface area contributed by atoms with Crippen LogP contribution >= 0.6 is 0 Å². The van der Waals surface area contributed by atoms with Crippen molar-refractivity contribution in [3.05, 3.63) is 224 Å². The van der Waals surface area contributed by atoms with E-state index >= 15 is 0 Å². The fourth-order valence-corrected chi connectivity index (χ4v) is 10.1. The van der Waals surface area contributed by atoms with Crippen LogP contribution in [0, 0.1) is 0 Å². The first kappa shape index (κ1) is 36.2. The maximum atomic E-state index is 5.22. The topological polar surface area (TPSA) is 38.7 Å². The van der Waals surface area contributed by atoms with Gasteiger partial charge in [-0.15, -0.1) is 0 Å². The summed E-state index contributed by atoms with van der Waals surface area (Å²) in [6.45, 7) is 0. The lowest BCUT2D eigenvalue weighted by molar-refractivity contribution is 1.08. The van der Waals surface area contributed by atoms with Gasteiger partial charge in [0.25, 0.3) is 0 Å². The zero-order valence-corrected chi connectivity index (χ0v) is 34.7. The van der Waals surface area contributed by atoms with Gasteiger partial charge in [-0.05, 0) is 105 Å². The van der Waals surface area contributed by atoms with Crippen LogP contribution in [0.1, 0.15) is 0 Å². The highest BCUT2D eigenvalue weighted by atomic mass is 15.0. The first-order valence-electron chi connectivity index (χ1n) is 21.8. The van der Waals surface area contributed by atoms with E-state index in [0.29, 0.717) is 17.5 Å². The van der Waals surface area contributed by atoms with Crippen LogP contribution in [0.2, 0.25) is 0 Å². The predicted molar refractivity (Wildman–Crippen MR) is 267 cm³/mol. The Labute approximate surface area is 370 Å². The minimum absolute atomic E-state index is 0.633. The molecule has 1 aliphatic rings. The van der Waals surface area contributed by atoms with E-state index in [9.17, 15) is 0 Å². The van der Waals surface area contributed by atoms with Gasteiger partial charge >= 0.3 is 0 Å². The highest BCUT2D eigenvalue weighted by Crippen LogP contribution is 2.49. The maximum Gasteiger partial charge on any atom is 0.164 e. The summed E-state index contributed by atoms with van der Waals surface area (Å²) in [6, 6.07) is 80.6. The van der Waals surface area contributed by atoms with Gasteiger partial charge in [0.1, 0.15) is 0 Å². The SMILES string of the molecule is c1ccc(-c2nc(-c3ccc(-c4ccc5ccccc5c4-c4ccc(-c5ccc6c7c(cccc57)-c5ccccc5-6)cc4)cc3)nc(-c3cc4ccccc4c4ccccc34)n2)cc1. The van der Waals surface area contributed by atoms with Gasteiger partial charge in [0.05, 0.1) is 0 Å². The summed E-state index contributed by atoms with van der Waals surface area (Å²) in [7, 11) is 0. The molecule has 12 aromatic rings. The van der Waals surface area contributed by atoms with E-state index in [1.807, 2.05) is 18.2 Å². The van der Waals surface area contributed by atoms with Gasteiger partial charge in [0.2, 0.25) is 0 Å². The number of fused-ring (bicyclic) bond motifs is 7. The Morgan fingerprint density at radius 2 is 0.703 bits per heavy atom. The quantitative estimate of drug-likeness (QED) is 0.157. The Morgan fingerprint density at radius 3 is 1.45 bits per heavy atom. The molecule has 0 radical (unpaired) electrons. The van der Waals surface area contributed by atoms with Crippen molar-refractivity contribution in [2.24, 2.45) is 0 Å². The van der Waals surface area contributed by atoms with Crippen LogP contribution in [0.3, 0.4) is 0 Å². The van der Waals surface area contributed by atoms with Crippen molar-refractivity contribution >= 4 is 43.1 Å². The zero-order valence-electron chi connectivity index (χ0n) is 34.7. The van der Waals surface area contributed by atoms with Crippen molar-refractivity contribution < 1.29 is 0 Å². The van der Waals surface area contributed by atoms with Gasteiger partial charge in [-0.25, -0.2) is 15.0 Å². The Bertz CT molecular complexity index is 3790. The smallest absolute Gasteiger partial charge is 0.164 e. The normalized spacial score (nSPS) is 11.8. The standard InChI is InChI=1S/C61H37N3/c1-2-14-42(15-3-1)59-62-60(64-61(63-59)56-37-44-16-5-6-17-45(44)49-19-8-11-22-52(49)56)43-31-27-40(28-32-43)48-34-33-38-13-4-7-18-47(38)57(48)41-29-25-39(26-30-41)46-35-36-55-51-21-10-9-20-50(51)54-24-12-23-53(46)58(54)55/h1-37H. The molecule has 13 rings (SSSR count). The third kappa shape index (κ3) is 5.79. The minimum Gasteiger partial charge on any atom is -0.208 e. The summed E-state index contributed by atoms with van der Waals surface area (Å²) in [5.74, 6) is 1.93. The van der Waals surface area contributed by atoms with E-state index in [1.165, 1.54) is 82.4 Å². The summed E-state index contributed by atoms with van der Waals surface area (Å²) in [5.41, 5.74) is 15.3. The lowest BCUT2D eigenvalue weighted by Gasteiger charge is -2.16. The molecule has 64 heavy (non-hydrogen) atoms. The first-order chi connectivity index (χ1) is 31.7. The third-order valence-corrected chi connectivity index (χ3v) is 13.1. The number of hydrogen-bond acceptors (Lipinski definition) is 3. The molecule has 1 aliphatic carbocycles. The van der Waals surface area contributed by atoms with Crippen molar-refractivity contribution in [1.82, 2.24) is 15.0 Å². The average Bonchev–Trinajstić information content (AvgIpc) is 3.70. The van der Waals surface area contributed by atoms with Gasteiger partial charge in [0, 0.05) is 16.7 Å². The Kier molecular flexibility index (Phi) is 8.22. The van der Waals surface area contributed by atoms with Crippen LogP contribution in [0.15, 0.2) is 224 Å². The van der Waals surface area contributed by atoms with E-state index in [4.69, 9.17) is 15.0 Å². The molecule has 1 heterocycles. The second-order valence-corrected chi connectivity index (χ2v) is 16.7. The molecule has 0 atom stereocenters. The number of aromatic nitrogens is 3. The Balaban J connectivity index is 0.910. The zero-order chi connectivity index (χ0) is 42.1. The van der Waals surface area contributed by atoms with Crippen LogP contribution < -0.4 is 0 Å². The number of rotatable bonds is 6. The second-order valence-electron chi connectivity index (χ2n) is 16.7. The molecule has 3 nitrogen and oxygen atoms in total. The first-order valence-corrected chi connectivity index (χ1v) is 21.8. The lowest BCUT2D eigenvalue weighted by Crippen LogP contribution is -2.00. The number of nitrogens with zero attached hydrogens (tertiary/aromatic N) is 3. The highest BCUT2D eigenvalue weighted by Gasteiger charge is 2.23. The minimum atomic E-state index is 0.633. The van der Waals surface area contributed by atoms with Crippen molar-refractivity contribution in [3.63, 3.8) is 0 Å². The van der Waals surface area contributed by atoms with Crippen LogP contribution in [0.4, 0.5) is 0 Å². The molecule has 0 bridgehead atoms. The molecule has 0 spiro atoms. The van der Waals surface area contributed by atoms with Crippen LogP contribution in [0.25, 0.3) is 133 Å². The lowest BCUT2D eigenvalue weighted by atomic mass is 9.88. The van der Waals surface area contributed by atoms with E-state index in [0.717, 1.165) is 33.0 Å². The fourth-order valence-electron chi connectivity index (χ4n) is 10.1. The largest absolute Gasteiger partial charge is 0.208 e. The molecule has 0 saturated carbocycles. The monoisotopic (exact) mass is 811 g/mol. The van der Waals surface area contributed by atoms with Crippen LogP contribution in [-0.4, -0.2) is 15.0 Å². The maximum absolute atomic E-state index is 5.22. The molecule has 0 unspecified atom stereocenters. The van der Waals surface area contributed by atoms with Crippen molar-refractivity contribution in [3.8, 4) is 89.8 Å². The summed E-state index contributed by atoms with van der Waals surface area (Å²) in [6.07, 6.45) is 0. The molecule has 11 aromatic carbocycles. The van der Waals surface area contributed by atoms with E-state index < -0.39 is 0 Å². The average molecular weight is 812 g/mol. The van der Waals surface area contributed by atoms with Gasteiger partial charge < -0.3 is 0 Å². The highest BCUT2D eigenvalue weighted by molar-refractivity contribution is 6.19. The van der Waals surface area contributed by atoms with Crippen molar-refractivity contribution in [2.75, 3.05) is 0 Å². The molecule has 3 heteroatoms. The number of benzene rings is 11. The predicted octanol–water partition coefficient (Wildman–Crippen LogP) is 16.1. The van der Waals surface area contributed by atoms with Crippen molar-refractivity contribution in [2.45, 2.75) is 0 Å². The van der Waals surface area contributed by atoms with Crippen molar-refractivity contribution in [1.29, 1.82) is 0 Å². The van der Waals surface area contributed by atoms with Gasteiger partial charge in [-0.2, -0.15) is 0 Å².